The van der Waals surface area contributed by atoms with E-state index in [1.165, 1.54) is 39.1 Å². The van der Waals surface area contributed by atoms with Gasteiger partial charge in [0.2, 0.25) is 20.0 Å². The summed E-state index contributed by atoms with van der Waals surface area (Å²) in [6.45, 7) is 2.37. The Morgan fingerprint density at radius 1 is 0.658 bits per heavy atom. The van der Waals surface area contributed by atoms with Crippen molar-refractivity contribution in [2.75, 3.05) is 13.7 Å². The normalized spacial score (nSPS) is 12.2. The van der Waals surface area contributed by atoms with E-state index in [1.807, 2.05) is 30.3 Å². The van der Waals surface area contributed by atoms with Gasteiger partial charge in [0, 0.05) is 19.6 Å². The Balaban J connectivity index is 1.60. The van der Waals surface area contributed by atoms with Gasteiger partial charge in [-0.2, -0.15) is 8.61 Å². The maximum Gasteiger partial charge on any atom is 0.243 e. The molecule has 0 saturated heterocycles. The van der Waals surface area contributed by atoms with E-state index in [4.69, 9.17) is 9.15 Å². The third kappa shape index (κ3) is 6.33. The lowest BCUT2D eigenvalue weighted by Gasteiger charge is -2.23. The molecule has 0 saturated carbocycles. The highest BCUT2D eigenvalue weighted by Gasteiger charge is 2.28. The average Bonchev–Trinajstić information content (AvgIpc) is 3.45. The summed E-state index contributed by atoms with van der Waals surface area (Å²) in [5, 5.41) is 0. The lowest BCUT2D eigenvalue weighted by Crippen LogP contribution is -2.31. The SMILES string of the molecule is CCN(Cc1ccccc1)S(=O)(=O)c1ccc(S(=O)(=O)N(Cc2ccc(OC)cc2)Cc2ccco2)cc1. The van der Waals surface area contributed by atoms with Crippen LogP contribution in [0.5, 0.6) is 5.75 Å². The molecular weight excluding hydrogens is 524 g/mol. The van der Waals surface area contributed by atoms with Crippen LogP contribution in [0.4, 0.5) is 0 Å². The second-order valence-corrected chi connectivity index (χ2v) is 12.5. The maximum absolute atomic E-state index is 13.7. The number of sulfonamides is 2. The second-order valence-electron chi connectivity index (χ2n) is 8.59. The van der Waals surface area contributed by atoms with Crippen LogP contribution in [0, 0.1) is 0 Å². The molecule has 0 aliphatic rings. The molecule has 0 amide bonds. The Morgan fingerprint density at radius 3 is 1.74 bits per heavy atom. The molecule has 0 fully saturated rings. The van der Waals surface area contributed by atoms with Crippen LogP contribution in [-0.4, -0.2) is 39.1 Å². The minimum Gasteiger partial charge on any atom is -0.497 e. The molecule has 38 heavy (non-hydrogen) atoms. The number of rotatable bonds is 12. The van der Waals surface area contributed by atoms with Crippen molar-refractivity contribution in [2.24, 2.45) is 0 Å². The van der Waals surface area contributed by atoms with Crippen molar-refractivity contribution in [3.63, 3.8) is 0 Å². The summed E-state index contributed by atoms with van der Waals surface area (Å²) in [4.78, 5) is 0.0181. The molecule has 200 valence electrons. The van der Waals surface area contributed by atoms with Gasteiger partial charge in [0.1, 0.15) is 11.5 Å². The third-order valence-corrected chi connectivity index (χ3v) is 9.82. The first-order chi connectivity index (χ1) is 18.2. The molecule has 3 aromatic carbocycles. The highest BCUT2D eigenvalue weighted by Crippen LogP contribution is 2.25. The van der Waals surface area contributed by atoms with E-state index in [2.05, 4.69) is 0 Å². The van der Waals surface area contributed by atoms with E-state index in [9.17, 15) is 16.8 Å². The number of hydrogen-bond acceptors (Lipinski definition) is 6. The van der Waals surface area contributed by atoms with E-state index in [-0.39, 0.29) is 36.0 Å². The van der Waals surface area contributed by atoms with Crippen LogP contribution in [-0.2, 0) is 39.7 Å². The predicted molar refractivity (Wildman–Crippen MR) is 144 cm³/mol. The van der Waals surface area contributed by atoms with Gasteiger partial charge < -0.3 is 9.15 Å². The zero-order chi connectivity index (χ0) is 27.2. The molecular formula is C28H30N2O6S2. The summed E-state index contributed by atoms with van der Waals surface area (Å²) in [5.41, 5.74) is 1.63. The zero-order valence-corrected chi connectivity index (χ0v) is 22.9. The molecule has 4 rings (SSSR count). The summed E-state index contributed by atoms with van der Waals surface area (Å²) in [6, 6.07) is 25.2. The molecule has 0 unspecified atom stereocenters. The topological polar surface area (TPSA) is 97.1 Å². The van der Waals surface area contributed by atoms with Crippen LogP contribution < -0.4 is 4.74 Å². The van der Waals surface area contributed by atoms with Crippen LogP contribution in [0.1, 0.15) is 23.8 Å². The smallest absolute Gasteiger partial charge is 0.243 e. The summed E-state index contributed by atoms with van der Waals surface area (Å²) in [6.07, 6.45) is 1.49. The number of furan rings is 1. The van der Waals surface area contributed by atoms with E-state index >= 15 is 0 Å². The van der Waals surface area contributed by atoms with Crippen molar-refractivity contribution in [3.8, 4) is 5.75 Å². The molecule has 0 aliphatic heterocycles. The standard InChI is InChI=1S/C28H30N2O6S2/c1-3-29(20-23-8-5-4-6-9-23)37(31,32)27-15-17-28(18-16-27)38(33,34)30(22-26-10-7-19-36-26)21-24-11-13-25(35-2)14-12-24/h4-19H,3,20-22H2,1-2H3. The van der Waals surface area contributed by atoms with Crippen molar-refractivity contribution in [1.82, 2.24) is 8.61 Å². The van der Waals surface area contributed by atoms with E-state index in [0.29, 0.717) is 11.5 Å². The summed E-state index contributed by atoms with van der Waals surface area (Å²) < 4.78 is 67.2. The Bertz CT molecular complexity index is 1520. The molecule has 1 heterocycles. The minimum atomic E-state index is -3.99. The largest absolute Gasteiger partial charge is 0.497 e. The molecule has 0 spiro atoms. The van der Waals surface area contributed by atoms with Gasteiger partial charge in [-0.25, -0.2) is 16.8 Å². The maximum atomic E-state index is 13.7. The van der Waals surface area contributed by atoms with Gasteiger partial charge >= 0.3 is 0 Å². The van der Waals surface area contributed by atoms with E-state index in [0.717, 1.165) is 11.1 Å². The van der Waals surface area contributed by atoms with Gasteiger partial charge in [-0.1, -0.05) is 49.4 Å². The Morgan fingerprint density at radius 2 is 1.21 bits per heavy atom. The molecule has 0 radical (unpaired) electrons. The molecule has 0 bridgehead atoms. The van der Waals surface area contributed by atoms with Crippen LogP contribution in [0.2, 0.25) is 0 Å². The fraction of sp³-hybridized carbons (Fsp3) is 0.214. The molecule has 1 aromatic heterocycles. The van der Waals surface area contributed by atoms with Crippen molar-refractivity contribution in [1.29, 1.82) is 0 Å². The fourth-order valence-corrected chi connectivity index (χ4v) is 6.80. The number of hydrogen-bond donors (Lipinski definition) is 0. The average molecular weight is 555 g/mol. The molecule has 0 N–H and O–H groups in total. The fourth-order valence-electron chi connectivity index (χ4n) is 3.97. The van der Waals surface area contributed by atoms with Gasteiger partial charge in [0.25, 0.3) is 0 Å². The van der Waals surface area contributed by atoms with Crippen molar-refractivity contribution >= 4 is 20.0 Å². The summed E-state index contributed by atoms with van der Waals surface area (Å²) in [5.74, 6) is 1.15. The van der Waals surface area contributed by atoms with E-state index < -0.39 is 20.0 Å². The molecule has 0 aliphatic carbocycles. The van der Waals surface area contributed by atoms with Crippen molar-refractivity contribution < 1.29 is 26.0 Å². The number of methoxy groups -OCH3 is 1. The predicted octanol–water partition coefficient (Wildman–Crippen LogP) is 4.89. The first kappa shape index (κ1) is 27.6. The zero-order valence-electron chi connectivity index (χ0n) is 21.2. The third-order valence-electron chi connectivity index (χ3n) is 6.08. The van der Waals surface area contributed by atoms with Gasteiger partial charge in [-0.05, 0) is 59.7 Å². The Hall–Kier alpha value is -3.44. The van der Waals surface area contributed by atoms with Crippen LogP contribution >= 0.6 is 0 Å². The van der Waals surface area contributed by atoms with Crippen molar-refractivity contribution in [2.45, 2.75) is 36.3 Å². The highest BCUT2D eigenvalue weighted by atomic mass is 32.2. The monoisotopic (exact) mass is 554 g/mol. The first-order valence-corrected chi connectivity index (χ1v) is 14.9. The summed E-state index contributed by atoms with van der Waals surface area (Å²) in [7, 11) is -6.26. The highest BCUT2D eigenvalue weighted by molar-refractivity contribution is 7.89. The van der Waals surface area contributed by atoms with Crippen LogP contribution in [0.3, 0.4) is 0 Å². The van der Waals surface area contributed by atoms with E-state index in [1.54, 1.807) is 50.4 Å². The number of ether oxygens (including phenoxy) is 1. The minimum absolute atomic E-state index is 0.0115. The molecule has 8 nitrogen and oxygen atoms in total. The van der Waals surface area contributed by atoms with Crippen LogP contribution in [0.25, 0.3) is 0 Å². The lowest BCUT2D eigenvalue weighted by molar-refractivity contribution is 0.358. The second kappa shape index (κ2) is 12.0. The molecule has 10 heteroatoms. The lowest BCUT2D eigenvalue weighted by atomic mass is 10.2. The Labute approximate surface area is 224 Å². The first-order valence-electron chi connectivity index (χ1n) is 12.0. The van der Waals surface area contributed by atoms with Crippen molar-refractivity contribution in [3.05, 3.63) is 114 Å². The van der Waals surface area contributed by atoms with Gasteiger partial charge in [-0.3, -0.25) is 0 Å². The van der Waals surface area contributed by atoms with Gasteiger partial charge in [0.15, 0.2) is 0 Å². The molecule has 0 atom stereocenters. The molecule has 4 aromatic rings. The Kier molecular flexibility index (Phi) is 8.68. The van der Waals surface area contributed by atoms with Crippen LogP contribution in [0.15, 0.2) is 111 Å². The van der Waals surface area contributed by atoms with Gasteiger partial charge in [0.05, 0.1) is 29.7 Å². The number of benzene rings is 3. The summed E-state index contributed by atoms with van der Waals surface area (Å²) >= 11 is 0. The quantitative estimate of drug-likeness (QED) is 0.247. The number of nitrogens with zero attached hydrogens (tertiary/aromatic N) is 2. The van der Waals surface area contributed by atoms with Gasteiger partial charge in [-0.15, -0.1) is 0 Å².